The van der Waals surface area contributed by atoms with E-state index >= 15 is 0 Å². The number of benzene rings is 5. The first-order valence-corrected chi connectivity index (χ1v) is 14.6. The van der Waals surface area contributed by atoms with E-state index in [0.29, 0.717) is 57.2 Å². The quantitative estimate of drug-likeness (QED) is 0.229. The van der Waals surface area contributed by atoms with Crippen molar-refractivity contribution >= 4 is 23.4 Å². The fourth-order valence-electron chi connectivity index (χ4n) is 6.33. The van der Waals surface area contributed by atoms with Crippen LogP contribution in [0.25, 0.3) is 34.2 Å². The second kappa shape index (κ2) is 10.8. The average Bonchev–Trinajstić information content (AvgIpc) is 3.65. The zero-order chi connectivity index (χ0) is 30.1. The van der Waals surface area contributed by atoms with Gasteiger partial charge < -0.3 is 19.7 Å². The number of phenols is 2. The van der Waals surface area contributed by atoms with Crippen LogP contribution in [0.1, 0.15) is 0 Å². The molecule has 4 heterocycles. The molecule has 8 nitrogen and oxygen atoms in total. The fourth-order valence-corrected chi connectivity index (χ4v) is 6.33. The van der Waals surface area contributed by atoms with Crippen LogP contribution in [0.5, 0.6) is 34.8 Å². The van der Waals surface area contributed by atoms with Gasteiger partial charge in [-0.05, 0) is 60.7 Å². The summed E-state index contributed by atoms with van der Waals surface area (Å²) < 4.78 is 17.2. The van der Waals surface area contributed by atoms with E-state index in [0.717, 1.165) is 16.8 Å². The summed E-state index contributed by atoms with van der Waals surface area (Å²) in [6.07, 6.45) is 0. The van der Waals surface area contributed by atoms with Gasteiger partial charge in [0.25, 0.3) is 0 Å². The molecule has 0 spiro atoms. The van der Waals surface area contributed by atoms with E-state index in [9.17, 15) is 10.2 Å². The number of para-hydroxylation sites is 4. The van der Waals surface area contributed by atoms with Gasteiger partial charge in [-0.25, -0.2) is 9.97 Å². The van der Waals surface area contributed by atoms with Gasteiger partial charge >= 0.3 is 6.71 Å². The topological polar surface area (TPSA) is 94.6 Å². The predicted octanol–water partition coefficient (Wildman–Crippen LogP) is 5.53. The van der Waals surface area contributed by atoms with Crippen LogP contribution in [0, 0.1) is 0 Å². The van der Waals surface area contributed by atoms with Crippen LogP contribution in [0.15, 0.2) is 127 Å². The van der Waals surface area contributed by atoms with Crippen molar-refractivity contribution in [1.29, 1.82) is 0 Å². The van der Waals surface area contributed by atoms with Crippen LogP contribution in [0.3, 0.4) is 0 Å². The standard InChI is InChI=1S/C36H23BN4O4.Pt/c42-26-18-9-7-16-24(26)33-38-31-35(40(33)22-12-3-1-4-13-22)44-28-20-11-21-29-30(28)37(31)32-36(45-29)41(23-14-5-2-6-15-23)34(39-32)25-17-8-10-19-27(25)43;/h1-21,42-43H;. The van der Waals surface area contributed by atoms with Crippen molar-refractivity contribution in [2.75, 3.05) is 0 Å². The molecule has 2 N–H and O–H groups in total. The molecule has 0 saturated carbocycles. The normalized spacial score (nSPS) is 12.2. The largest absolute Gasteiger partial charge is 0.507 e. The summed E-state index contributed by atoms with van der Waals surface area (Å²) in [4.78, 5) is 10.4. The van der Waals surface area contributed by atoms with Crippen LogP contribution in [0.2, 0.25) is 0 Å². The zero-order valence-electron chi connectivity index (χ0n) is 24.0. The molecule has 0 aliphatic carbocycles. The van der Waals surface area contributed by atoms with E-state index < -0.39 is 6.71 Å². The van der Waals surface area contributed by atoms with Gasteiger partial charge in [0.2, 0.25) is 11.8 Å². The summed E-state index contributed by atoms with van der Waals surface area (Å²) in [5, 5.41) is 21.9. The Balaban J connectivity index is 0.00000312. The maximum Gasteiger partial charge on any atom is 0.311 e. The molecule has 2 aromatic heterocycles. The minimum atomic E-state index is -0.465. The van der Waals surface area contributed by atoms with Crippen molar-refractivity contribution in [3.63, 3.8) is 0 Å². The summed E-state index contributed by atoms with van der Waals surface area (Å²) in [5.41, 5.74) is 4.91. The molecule has 0 bridgehead atoms. The minimum absolute atomic E-state index is 0. The van der Waals surface area contributed by atoms with Crippen LogP contribution in [-0.4, -0.2) is 36.0 Å². The Labute approximate surface area is 278 Å². The van der Waals surface area contributed by atoms with Gasteiger partial charge in [0, 0.05) is 26.5 Å². The first kappa shape index (κ1) is 28.0. The Kier molecular flexibility index (Phi) is 6.58. The molecular formula is C36H23BN4O4Pt. The second-order valence-corrected chi connectivity index (χ2v) is 10.9. The molecule has 9 rings (SSSR count). The molecule has 0 fully saturated rings. The minimum Gasteiger partial charge on any atom is -0.507 e. The summed E-state index contributed by atoms with van der Waals surface area (Å²) in [6, 6.07) is 39.7. The molecule has 0 unspecified atom stereocenters. The summed E-state index contributed by atoms with van der Waals surface area (Å²) in [7, 11) is 0. The monoisotopic (exact) mass is 781 g/mol. The van der Waals surface area contributed by atoms with E-state index in [-0.39, 0.29) is 32.6 Å². The van der Waals surface area contributed by atoms with Crippen LogP contribution < -0.4 is 26.1 Å². The molecular weight excluding hydrogens is 758 g/mol. The maximum absolute atomic E-state index is 11.0. The van der Waals surface area contributed by atoms with Crippen LogP contribution in [-0.2, 0) is 21.1 Å². The molecule has 0 amide bonds. The van der Waals surface area contributed by atoms with Gasteiger partial charge in [0.1, 0.15) is 23.0 Å². The third-order valence-corrected chi connectivity index (χ3v) is 8.31. The van der Waals surface area contributed by atoms with E-state index in [1.54, 1.807) is 24.3 Å². The summed E-state index contributed by atoms with van der Waals surface area (Å²) in [5.74, 6) is 3.62. The molecule has 2 aliphatic heterocycles. The van der Waals surface area contributed by atoms with Crippen LogP contribution in [0.4, 0.5) is 0 Å². The molecule has 0 radical (unpaired) electrons. The molecule has 5 aromatic carbocycles. The van der Waals surface area contributed by atoms with E-state index in [4.69, 9.17) is 19.4 Å². The number of nitrogens with zero attached hydrogens (tertiary/aromatic N) is 4. The third kappa shape index (κ3) is 4.12. The van der Waals surface area contributed by atoms with Gasteiger partial charge in [-0.3, -0.25) is 9.13 Å². The van der Waals surface area contributed by atoms with E-state index in [1.807, 2.05) is 112 Å². The number of aromatic nitrogens is 4. The average molecular weight is 781 g/mol. The van der Waals surface area contributed by atoms with E-state index in [2.05, 4.69) is 0 Å². The zero-order valence-corrected chi connectivity index (χ0v) is 26.3. The Morgan fingerprint density at radius 1 is 0.500 bits per heavy atom. The Morgan fingerprint density at radius 3 is 1.35 bits per heavy atom. The predicted molar refractivity (Wildman–Crippen MR) is 173 cm³/mol. The number of hydrogen-bond acceptors (Lipinski definition) is 6. The van der Waals surface area contributed by atoms with E-state index in [1.165, 1.54) is 0 Å². The van der Waals surface area contributed by atoms with Gasteiger partial charge in [-0.1, -0.05) is 66.7 Å². The Morgan fingerprint density at radius 2 is 0.913 bits per heavy atom. The third-order valence-electron chi connectivity index (χ3n) is 8.31. The van der Waals surface area contributed by atoms with Crippen molar-refractivity contribution in [3.8, 4) is 68.9 Å². The number of fused-ring (bicyclic) bond motifs is 4. The number of phenolic OH excluding ortho intramolecular Hbond substituents is 2. The summed E-state index contributed by atoms with van der Waals surface area (Å²) >= 11 is 0. The Hall–Kier alpha value is -5.53. The Bertz CT molecular complexity index is 2110. The van der Waals surface area contributed by atoms with Crippen molar-refractivity contribution in [1.82, 2.24) is 19.1 Å². The van der Waals surface area contributed by atoms with Crippen molar-refractivity contribution in [2.45, 2.75) is 0 Å². The van der Waals surface area contributed by atoms with Gasteiger partial charge in [0.15, 0.2) is 11.6 Å². The summed E-state index contributed by atoms with van der Waals surface area (Å²) in [6.45, 7) is -0.465. The number of hydrogen-bond donors (Lipinski definition) is 2. The second-order valence-electron chi connectivity index (χ2n) is 10.9. The van der Waals surface area contributed by atoms with Gasteiger partial charge in [-0.2, -0.15) is 0 Å². The fraction of sp³-hybridized carbons (Fsp3) is 0. The van der Waals surface area contributed by atoms with Crippen molar-refractivity contribution < 1.29 is 40.8 Å². The first-order chi connectivity index (χ1) is 22.2. The first-order valence-electron chi connectivity index (χ1n) is 14.6. The molecule has 46 heavy (non-hydrogen) atoms. The van der Waals surface area contributed by atoms with Crippen molar-refractivity contribution in [2.24, 2.45) is 0 Å². The number of ether oxygens (including phenoxy) is 2. The number of imidazole rings is 2. The maximum atomic E-state index is 11.0. The molecule has 224 valence electrons. The molecule has 0 saturated heterocycles. The molecule has 10 heteroatoms. The number of aromatic hydroxyl groups is 2. The van der Waals surface area contributed by atoms with Crippen LogP contribution >= 0.6 is 0 Å². The van der Waals surface area contributed by atoms with Gasteiger partial charge in [-0.15, -0.1) is 0 Å². The SMILES string of the molecule is Oc1ccccc1-c1nc2c(n1-c1ccccc1)Oc1cccc3c1B2c1nc(-c2ccccc2O)n(-c2ccccc2)c1O3.[Pt]. The molecule has 2 aliphatic rings. The number of rotatable bonds is 4. The smallest absolute Gasteiger partial charge is 0.311 e. The van der Waals surface area contributed by atoms with Gasteiger partial charge in [0.05, 0.1) is 33.7 Å². The van der Waals surface area contributed by atoms with Crippen molar-refractivity contribution in [3.05, 3.63) is 127 Å². The molecule has 0 atom stereocenters. The molecule has 7 aromatic rings.